The molecule has 1 aliphatic heterocycles. The largest absolute Gasteiger partial charge is 0.368 e. The number of aromatic nitrogens is 2. The van der Waals surface area contributed by atoms with Crippen molar-refractivity contribution in [3.05, 3.63) is 35.7 Å². The predicted molar refractivity (Wildman–Crippen MR) is 92.3 cm³/mol. The first-order chi connectivity index (χ1) is 10.8. The number of anilines is 2. The molecule has 0 radical (unpaired) electrons. The van der Waals surface area contributed by atoms with Crippen LogP contribution in [0.5, 0.6) is 0 Å². The SMILES string of the molecule is Nc1nc(N2CCNCC2)c2c(-c3ccccc3)csc2n1. The van der Waals surface area contributed by atoms with Crippen molar-refractivity contribution in [2.45, 2.75) is 0 Å². The maximum Gasteiger partial charge on any atom is 0.223 e. The molecule has 1 saturated heterocycles. The van der Waals surface area contributed by atoms with Crippen LogP contribution in [0, 0.1) is 0 Å². The molecule has 3 aromatic rings. The van der Waals surface area contributed by atoms with Gasteiger partial charge in [0.2, 0.25) is 5.95 Å². The van der Waals surface area contributed by atoms with Gasteiger partial charge in [-0.15, -0.1) is 11.3 Å². The van der Waals surface area contributed by atoms with Gasteiger partial charge in [-0.1, -0.05) is 30.3 Å². The third-order valence-corrected chi connectivity index (χ3v) is 4.81. The van der Waals surface area contributed by atoms with Crippen molar-refractivity contribution in [1.82, 2.24) is 15.3 Å². The number of hydrogen-bond donors (Lipinski definition) is 2. The van der Waals surface area contributed by atoms with Crippen LogP contribution < -0.4 is 16.0 Å². The van der Waals surface area contributed by atoms with Gasteiger partial charge in [-0.2, -0.15) is 4.98 Å². The number of hydrogen-bond acceptors (Lipinski definition) is 6. The standard InChI is InChI=1S/C16H17N5S/c17-16-19-14(21-8-6-18-7-9-21)13-12(10-22-15(13)20-16)11-4-2-1-3-5-11/h1-5,10,18H,6-9H2,(H2,17,19,20). The van der Waals surface area contributed by atoms with Crippen molar-refractivity contribution in [3.8, 4) is 11.1 Å². The number of nitrogen functional groups attached to an aromatic ring is 1. The van der Waals surface area contributed by atoms with Crippen LogP contribution in [0.25, 0.3) is 21.3 Å². The van der Waals surface area contributed by atoms with Crippen LogP contribution in [0.2, 0.25) is 0 Å². The molecule has 0 atom stereocenters. The molecule has 5 nitrogen and oxygen atoms in total. The van der Waals surface area contributed by atoms with E-state index in [2.05, 4.69) is 49.8 Å². The number of fused-ring (bicyclic) bond motifs is 1. The van der Waals surface area contributed by atoms with E-state index in [-0.39, 0.29) is 0 Å². The van der Waals surface area contributed by atoms with Crippen LogP contribution in [0.15, 0.2) is 35.7 Å². The number of nitrogens with zero attached hydrogens (tertiary/aromatic N) is 3. The third-order valence-electron chi connectivity index (χ3n) is 3.93. The highest BCUT2D eigenvalue weighted by molar-refractivity contribution is 7.17. The molecular formula is C16H17N5S. The van der Waals surface area contributed by atoms with E-state index in [0.29, 0.717) is 5.95 Å². The van der Waals surface area contributed by atoms with Gasteiger partial charge in [0, 0.05) is 37.1 Å². The summed E-state index contributed by atoms with van der Waals surface area (Å²) in [6.07, 6.45) is 0. The summed E-state index contributed by atoms with van der Waals surface area (Å²) in [4.78, 5) is 12.2. The minimum Gasteiger partial charge on any atom is -0.368 e. The second kappa shape index (κ2) is 5.55. The predicted octanol–water partition coefficient (Wildman–Crippen LogP) is 2.35. The molecule has 4 rings (SSSR count). The fraction of sp³-hybridized carbons (Fsp3) is 0.250. The fourth-order valence-corrected chi connectivity index (χ4v) is 3.82. The summed E-state index contributed by atoms with van der Waals surface area (Å²) >= 11 is 1.63. The van der Waals surface area contributed by atoms with Gasteiger partial charge in [0.15, 0.2) is 0 Å². The van der Waals surface area contributed by atoms with Crippen molar-refractivity contribution in [2.75, 3.05) is 36.8 Å². The average Bonchev–Trinajstić information content (AvgIpc) is 2.99. The highest BCUT2D eigenvalue weighted by Gasteiger charge is 2.20. The zero-order valence-corrected chi connectivity index (χ0v) is 12.9. The molecule has 1 fully saturated rings. The Bertz CT molecular complexity index is 793. The molecule has 2 aromatic heterocycles. The minimum absolute atomic E-state index is 0.350. The van der Waals surface area contributed by atoms with Crippen molar-refractivity contribution >= 4 is 33.3 Å². The molecule has 0 amide bonds. The van der Waals surface area contributed by atoms with E-state index < -0.39 is 0 Å². The molecule has 3 N–H and O–H groups in total. The van der Waals surface area contributed by atoms with Crippen LogP contribution in [0.1, 0.15) is 0 Å². The molecule has 1 aromatic carbocycles. The number of piperazine rings is 1. The van der Waals surface area contributed by atoms with Crippen molar-refractivity contribution in [2.24, 2.45) is 0 Å². The van der Waals surface area contributed by atoms with Crippen LogP contribution in [0.4, 0.5) is 11.8 Å². The molecule has 0 saturated carbocycles. The van der Waals surface area contributed by atoms with E-state index in [1.807, 2.05) is 6.07 Å². The Kier molecular flexibility index (Phi) is 3.40. The van der Waals surface area contributed by atoms with Gasteiger partial charge in [0.25, 0.3) is 0 Å². The van der Waals surface area contributed by atoms with Gasteiger partial charge in [0.05, 0.1) is 5.39 Å². The second-order valence-electron chi connectivity index (χ2n) is 5.34. The summed E-state index contributed by atoms with van der Waals surface area (Å²) in [5.74, 6) is 1.31. The number of benzene rings is 1. The first-order valence-corrected chi connectivity index (χ1v) is 8.27. The lowest BCUT2D eigenvalue weighted by Gasteiger charge is -2.29. The normalized spacial score (nSPS) is 15.4. The molecule has 22 heavy (non-hydrogen) atoms. The van der Waals surface area contributed by atoms with Crippen molar-refractivity contribution in [3.63, 3.8) is 0 Å². The number of nitrogens with one attached hydrogen (secondary N) is 1. The summed E-state index contributed by atoms with van der Waals surface area (Å²) < 4.78 is 0. The minimum atomic E-state index is 0.350. The highest BCUT2D eigenvalue weighted by Crippen LogP contribution is 2.38. The van der Waals surface area contributed by atoms with Crippen molar-refractivity contribution < 1.29 is 0 Å². The Morgan fingerprint density at radius 1 is 1.09 bits per heavy atom. The van der Waals surface area contributed by atoms with Gasteiger partial charge >= 0.3 is 0 Å². The lowest BCUT2D eigenvalue weighted by atomic mass is 10.1. The average molecular weight is 311 g/mol. The molecule has 112 valence electrons. The quantitative estimate of drug-likeness (QED) is 0.760. The monoisotopic (exact) mass is 311 g/mol. The summed E-state index contributed by atoms with van der Waals surface area (Å²) in [6.45, 7) is 3.82. The zero-order valence-electron chi connectivity index (χ0n) is 12.1. The molecule has 0 unspecified atom stereocenters. The Balaban J connectivity index is 1.92. The molecule has 6 heteroatoms. The molecule has 0 spiro atoms. The zero-order chi connectivity index (χ0) is 14.9. The summed E-state index contributed by atoms with van der Waals surface area (Å²) in [5, 5.41) is 6.64. The summed E-state index contributed by atoms with van der Waals surface area (Å²) in [6, 6.07) is 10.4. The van der Waals surface area contributed by atoms with Crippen LogP contribution in [0.3, 0.4) is 0 Å². The molecular weight excluding hydrogens is 294 g/mol. The Morgan fingerprint density at radius 3 is 2.64 bits per heavy atom. The van der Waals surface area contributed by atoms with Gasteiger partial charge in [-0.3, -0.25) is 0 Å². The van der Waals surface area contributed by atoms with E-state index >= 15 is 0 Å². The Hall–Kier alpha value is -2.18. The number of nitrogens with two attached hydrogens (primary N) is 1. The van der Waals surface area contributed by atoms with Gasteiger partial charge < -0.3 is 16.0 Å². The van der Waals surface area contributed by atoms with E-state index in [1.165, 1.54) is 11.1 Å². The number of rotatable bonds is 2. The van der Waals surface area contributed by atoms with E-state index in [4.69, 9.17) is 5.73 Å². The van der Waals surface area contributed by atoms with Crippen LogP contribution >= 0.6 is 11.3 Å². The molecule has 0 bridgehead atoms. The molecule has 3 heterocycles. The smallest absolute Gasteiger partial charge is 0.223 e. The topological polar surface area (TPSA) is 67.1 Å². The van der Waals surface area contributed by atoms with E-state index in [0.717, 1.165) is 42.2 Å². The fourth-order valence-electron chi connectivity index (χ4n) is 2.88. The highest BCUT2D eigenvalue weighted by atomic mass is 32.1. The van der Waals surface area contributed by atoms with E-state index in [9.17, 15) is 0 Å². The first-order valence-electron chi connectivity index (χ1n) is 7.39. The maximum atomic E-state index is 5.92. The van der Waals surface area contributed by atoms with Crippen molar-refractivity contribution in [1.29, 1.82) is 0 Å². The lowest BCUT2D eigenvalue weighted by molar-refractivity contribution is 0.586. The first kappa shape index (κ1) is 13.5. The Morgan fingerprint density at radius 2 is 1.86 bits per heavy atom. The lowest BCUT2D eigenvalue weighted by Crippen LogP contribution is -2.44. The number of thiophene rings is 1. The van der Waals surface area contributed by atoms with Gasteiger partial charge in [-0.05, 0) is 5.56 Å². The molecule has 0 aliphatic carbocycles. The van der Waals surface area contributed by atoms with Gasteiger partial charge in [-0.25, -0.2) is 4.98 Å². The molecule has 1 aliphatic rings. The second-order valence-corrected chi connectivity index (χ2v) is 6.20. The summed E-state index contributed by atoms with van der Waals surface area (Å²) in [5.41, 5.74) is 8.30. The third kappa shape index (κ3) is 2.30. The van der Waals surface area contributed by atoms with E-state index in [1.54, 1.807) is 11.3 Å². The Labute approximate surface area is 132 Å². The van der Waals surface area contributed by atoms with Crippen LogP contribution in [-0.2, 0) is 0 Å². The summed E-state index contributed by atoms with van der Waals surface area (Å²) in [7, 11) is 0. The van der Waals surface area contributed by atoms with Crippen LogP contribution in [-0.4, -0.2) is 36.1 Å². The maximum absolute atomic E-state index is 5.92. The van der Waals surface area contributed by atoms with Gasteiger partial charge in [0.1, 0.15) is 10.6 Å².